The highest BCUT2D eigenvalue weighted by Crippen LogP contribution is 2.45. The van der Waals surface area contributed by atoms with E-state index in [0.29, 0.717) is 0 Å². The first kappa shape index (κ1) is 14.2. The van der Waals surface area contributed by atoms with Gasteiger partial charge in [-0.05, 0) is 30.8 Å². The summed E-state index contributed by atoms with van der Waals surface area (Å²) < 4.78 is 74.0. The average molecular weight is 274 g/mol. The molecule has 0 radical (unpaired) electrons. The molecule has 1 atom stereocenters. The summed E-state index contributed by atoms with van der Waals surface area (Å²) in [4.78, 5) is -0.118. The van der Waals surface area contributed by atoms with Crippen molar-refractivity contribution in [3.63, 3.8) is 0 Å². The molecule has 0 N–H and O–H groups in total. The minimum atomic E-state index is -5.57. The summed E-state index contributed by atoms with van der Waals surface area (Å²) >= 11 is -0.439. The second-order valence-electron chi connectivity index (χ2n) is 3.38. The zero-order chi connectivity index (χ0) is 13.3. The third kappa shape index (κ3) is 3.83. The third-order valence-corrected chi connectivity index (χ3v) is 2.84. The molecule has 0 nitrogen and oxygen atoms in total. The molecule has 0 fully saturated rings. The van der Waals surface area contributed by atoms with Crippen LogP contribution in [0.15, 0.2) is 29.2 Å². The Bertz CT molecular complexity index is 369. The van der Waals surface area contributed by atoms with Crippen LogP contribution in [0.3, 0.4) is 0 Å². The van der Waals surface area contributed by atoms with Gasteiger partial charge in [0.1, 0.15) is 0 Å². The summed E-state index contributed by atoms with van der Waals surface area (Å²) in [6, 6.07) is 5.35. The number of benzene rings is 1. The van der Waals surface area contributed by atoms with E-state index in [2.05, 4.69) is 0 Å². The molecule has 17 heavy (non-hydrogen) atoms. The molecule has 0 spiro atoms. The van der Waals surface area contributed by atoms with E-state index in [4.69, 9.17) is 0 Å². The average Bonchev–Trinajstić information content (AvgIpc) is 2.19. The monoisotopic (exact) mass is 274 g/mol. The Hall–Kier alpha value is -0.850. The normalized spacial score (nSPS) is 14.8. The van der Waals surface area contributed by atoms with Gasteiger partial charge < -0.3 is 0 Å². The van der Waals surface area contributed by atoms with Crippen LogP contribution in [-0.4, -0.2) is 17.6 Å². The van der Waals surface area contributed by atoms with Gasteiger partial charge in [0, 0.05) is 4.90 Å². The molecule has 0 aromatic heterocycles. The molecular formula is C10H8F6S. The molecule has 1 aromatic rings. The van der Waals surface area contributed by atoms with Gasteiger partial charge in [0.2, 0.25) is 0 Å². The van der Waals surface area contributed by atoms with Crippen LogP contribution >= 0.6 is 11.8 Å². The Kier molecular flexibility index (Phi) is 4.01. The van der Waals surface area contributed by atoms with Gasteiger partial charge in [-0.15, -0.1) is 0 Å². The lowest BCUT2D eigenvalue weighted by Crippen LogP contribution is -2.39. The van der Waals surface area contributed by atoms with Crippen molar-refractivity contribution < 1.29 is 26.3 Å². The molecule has 0 saturated carbocycles. The molecule has 0 aliphatic rings. The molecule has 96 valence electrons. The fourth-order valence-corrected chi connectivity index (χ4v) is 1.83. The van der Waals surface area contributed by atoms with E-state index < -0.39 is 29.4 Å². The maximum atomic E-state index is 13.0. The van der Waals surface area contributed by atoms with Gasteiger partial charge in [-0.25, -0.2) is 4.39 Å². The van der Waals surface area contributed by atoms with Crippen molar-refractivity contribution in [1.82, 2.24) is 0 Å². The molecule has 0 heterocycles. The molecule has 0 amide bonds. The molecular weight excluding hydrogens is 266 g/mol. The number of hydrogen-bond donors (Lipinski definition) is 0. The fraction of sp³-hybridized carbons (Fsp3) is 0.400. The van der Waals surface area contributed by atoms with Gasteiger partial charge >= 0.3 is 11.4 Å². The van der Waals surface area contributed by atoms with Crippen LogP contribution in [0.4, 0.5) is 26.3 Å². The Morgan fingerprint density at radius 3 is 1.88 bits per heavy atom. The highest BCUT2D eigenvalue weighted by molar-refractivity contribution is 8.00. The van der Waals surface area contributed by atoms with Crippen LogP contribution in [0.25, 0.3) is 0 Å². The van der Waals surface area contributed by atoms with Crippen LogP contribution in [-0.2, 0) is 0 Å². The number of aryl methyl sites for hydroxylation is 1. The molecule has 0 aliphatic heterocycles. The SMILES string of the molecule is Cc1ccc(SC(F)(F)C(F)C(F)(F)F)cc1. The largest absolute Gasteiger partial charge is 0.426 e. The summed E-state index contributed by atoms with van der Waals surface area (Å²) in [5.41, 5.74) is 0.769. The van der Waals surface area contributed by atoms with Crippen molar-refractivity contribution >= 4 is 11.8 Å². The summed E-state index contributed by atoms with van der Waals surface area (Å²) in [5.74, 6) is 0. The van der Waals surface area contributed by atoms with E-state index in [-0.39, 0.29) is 4.90 Å². The Balaban J connectivity index is 2.82. The van der Waals surface area contributed by atoms with Crippen molar-refractivity contribution in [2.24, 2.45) is 0 Å². The zero-order valence-corrected chi connectivity index (χ0v) is 9.38. The van der Waals surface area contributed by atoms with Crippen LogP contribution < -0.4 is 0 Å². The second-order valence-corrected chi connectivity index (χ2v) is 4.60. The van der Waals surface area contributed by atoms with Crippen LogP contribution in [0.1, 0.15) is 5.56 Å². The highest BCUT2D eigenvalue weighted by Gasteiger charge is 2.57. The number of rotatable bonds is 3. The van der Waals surface area contributed by atoms with E-state index in [1.165, 1.54) is 24.3 Å². The number of halogens is 6. The van der Waals surface area contributed by atoms with Gasteiger partial charge in [0.15, 0.2) is 0 Å². The molecule has 0 saturated heterocycles. The fourth-order valence-electron chi connectivity index (χ4n) is 1.01. The van der Waals surface area contributed by atoms with Gasteiger partial charge in [-0.1, -0.05) is 17.7 Å². The van der Waals surface area contributed by atoms with Crippen molar-refractivity contribution in [1.29, 1.82) is 0 Å². The molecule has 1 unspecified atom stereocenters. The first-order valence-corrected chi connectivity index (χ1v) is 5.29. The predicted octanol–water partition coefficient (Wildman–Crippen LogP) is 4.58. The first-order chi connectivity index (χ1) is 7.63. The predicted molar refractivity (Wildman–Crippen MR) is 52.9 cm³/mol. The van der Waals surface area contributed by atoms with E-state index in [1.807, 2.05) is 0 Å². The number of hydrogen-bond acceptors (Lipinski definition) is 1. The summed E-state index contributed by atoms with van der Waals surface area (Å²) in [7, 11) is 0. The minimum absolute atomic E-state index is 0.118. The van der Waals surface area contributed by atoms with Gasteiger partial charge in [0.25, 0.3) is 6.17 Å². The van der Waals surface area contributed by atoms with E-state index in [9.17, 15) is 26.3 Å². The molecule has 1 rings (SSSR count). The summed E-state index contributed by atoms with van der Waals surface area (Å²) in [6.45, 7) is 1.69. The zero-order valence-electron chi connectivity index (χ0n) is 8.56. The van der Waals surface area contributed by atoms with E-state index >= 15 is 0 Å². The van der Waals surface area contributed by atoms with Crippen molar-refractivity contribution in [3.8, 4) is 0 Å². The molecule has 1 aromatic carbocycles. The maximum absolute atomic E-state index is 13.0. The third-order valence-electron chi connectivity index (χ3n) is 1.86. The molecule has 0 bridgehead atoms. The van der Waals surface area contributed by atoms with E-state index in [1.54, 1.807) is 6.92 Å². The van der Waals surface area contributed by atoms with Crippen molar-refractivity contribution in [2.45, 2.75) is 29.4 Å². The summed E-state index contributed by atoms with van der Waals surface area (Å²) in [5, 5.41) is -4.53. The second kappa shape index (κ2) is 4.80. The Morgan fingerprint density at radius 2 is 1.47 bits per heavy atom. The lowest BCUT2D eigenvalue weighted by atomic mass is 10.2. The number of thioether (sulfide) groups is 1. The number of alkyl halides is 6. The lowest BCUT2D eigenvalue weighted by molar-refractivity contribution is -0.219. The van der Waals surface area contributed by atoms with Crippen LogP contribution in [0.5, 0.6) is 0 Å². The molecule has 0 aliphatic carbocycles. The van der Waals surface area contributed by atoms with Crippen LogP contribution in [0, 0.1) is 6.92 Å². The van der Waals surface area contributed by atoms with Gasteiger partial charge in [-0.3, -0.25) is 0 Å². The lowest BCUT2D eigenvalue weighted by Gasteiger charge is -2.21. The van der Waals surface area contributed by atoms with Gasteiger partial charge in [0.05, 0.1) is 0 Å². The van der Waals surface area contributed by atoms with Gasteiger partial charge in [-0.2, -0.15) is 22.0 Å². The van der Waals surface area contributed by atoms with E-state index in [0.717, 1.165) is 5.56 Å². The smallest absolute Gasteiger partial charge is 0.230 e. The van der Waals surface area contributed by atoms with Crippen LogP contribution in [0.2, 0.25) is 0 Å². The minimum Gasteiger partial charge on any atom is -0.230 e. The topological polar surface area (TPSA) is 0 Å². The Labute approximate surface area is 98.0 Å². The first-order valence-electron chi connectivity index (χ1n) is 4.47. The quantitative estimate of drug-likeness (QED) is 0.574. The van der Waals surface area contributed by atoms with Crippen molar-refractivity contribution in [3.05, 3.63) is 29.8 Å². The maximum Gasteiger partial charge on any atom is 0.426 e. The van der Waals surface area contributed by atoms with Crippen molar-refractivity contribution in [2.75, 3.05) is 0 Å². The Morgan fingerprint density at radius 1 is 1.00 bits per heavy atom. The summed E-state index contributed by atoms with van der Waals surface area (Å²) in [6.07, 6.45) is -9.75. The highest BCUT2D eigenvalue weighted by atomic mass is 32.2. The molecule has 7 heteroatoms. The standard InChI is InChI=1S/C10H8F6S/c1-6-2-4-7(5-3-6)17-10(15,16)8(11)9(12,13)14/h2-5,8H,1H3.